The predicted octanol–water partition coefficient (Wildman–Crippen LogP) is 2.86. The number of nitrogens with two attached hydrogens (primary N) is 1. The van der Waals surface area contributed by atoms with Crippen LogP contribution >= 0.6 is 0 Å². The van der Waals surface area contributed by atoms with E-state index in [4.69, 9.17) is 15.2 Å². The minimum Gasteiger partial charge on any atom is -0.459 e. The fourth-order valence-corrected chi connectivity index (χ4v) is 2.44. The molecule has 0 radical (unpaired) electrons. The van der Waals surface area contributed by atoms with Gasteiger partial charge in [-0.3, -0.25) is 0 Å². The average Bonchev–Trinajstić information content (AvgIpc) is 2.46. The summed E-state index contributed by atoms with van der Waals surface area (Å²) in [6, 6.07) is 7.83. The van der Waals surface area contributed by atoms with E-state index >= 15 is 0 Å². The van der Waals surface area contributed by atoms with Gasteiger partial charge in [0.05, 0.1) is 17.6 Å². The zero-order valence-corrected chi connectivity index (χ0v) is 13.1. The lowest BCUT2D eigenvalue weighted by Crippen LogP contribution is -2.27. The fraction of sp³-hybridized carbons (Fsp3) is 0.294. The topological polar surface area (TPSA) is 85.3 Å². The number of benzene rings is 1. The molecule has 5 nitrogen and oxygen atoms in total. The lowest BCUT2D eigenvalue weighted by molar-refractivity contribution is -0.143. The first-order valence-corrected chi connectivity index (χ1v) is 7.10. The van der Waals surface area contributed by atoms with Crippen LogP contribution in [0.3, 0.4) is 0 Å². The van der Waals surface area contributed by atoms with Crippen molar-refractivity contribution >= 4 is 5.97 Å². The molecule has 1 aromatic carbocycles. The van der Waals surface area contributed by atoms with E-state index in [0.717, 1.165) is 0 Å². The van der Waals surface area contributed by atoms with Crippen LogP contribution in [0.25, 0.3) is 0 Å². The predicted molar refractivity (Wildman–Crippen MR) is 81.0 cm³/mol. The number of hydrogen-bond acceptors (Lipinski definition) is 5. The minimum absolute atomic E-state index is 0.0172. The van der Waals surface area contributed by atoms with Gasteiger partial charge in [0.1, 0.15) is 23.2 Å². The van der Waals surface area contributed by atoms with Gasteiger partial charge in [-0.05, 0) is 26.8 Å². The Morgan fingerprint density at radius 3 is 2.65 bits per heavy atom. The van der Waals surface area contributed by atoms with Gasteiger partial charge < -0.3 is 15.2 Å². The first-order chi connectivity index (χ1) is 10.9. The molecule has 1 atom stereocenters. The molecule has 1 aromatic rings. The maximum atomic E-state index is 14.2. The quantitative estimate of drug-likeness (QED) is 0.867. The van der Waals surface area contributed by atoms with Crippen LogP contribution in [-0.4, -0.2) is 12.1 Å². The number of allylic oxidation sites excluding steroid dienone is 2. The first-order valence-electron chi connectivity index (χ1n) is 7.10. The van der Waals surface area contributed by atoms with Crippen molar-refractivity contribution in [3.63, 3.8) is 0 Å². The second kappa shape index (κ2) is 6.53. The number of esters is 1. The van der Waals surface area contributed by atoms with Gasteiger partial charge in [-0.15, -0.1) is 0 Å². The van der Waals surface area contributed by atoms with Gasteiger partial charge in [0.15, 0.2) is 0 Å². The summed E-state index contributed by atoms with van der Waals surface area (Å²) < 4.78 is 24.7. The molecule has 1 aliphatic heterocycles. The Kier molecular flexibility index (Phi) is 4.70. The summed E-state index contributed by atoms with van der Waals surface area (Å²) in [5, 5.41) is 9.39. The second-order valence-corrected chi connectivity index (χ2v) is 5.37. The number of carbonyl (C=O) groups is 1. The summed E-state index contributed by atoms with van der Waals surface area (Å²) in [4.78, 5) is 12.4. The van der Waals surface area contributed by atoms with E-state index in [2.05, 4.69) is 0 Å². The Morgan fingerprint density at radius 2 is 2.09 bits per heavy atom. The van der Waals surface area contributed by atoms with Gasteiger partial charge in [0.25, 0.3) is 0 Å². The molecule has 2 N–H and O–H groups in total. The van der Waals surface area contributed by atoms with Crippen molar-refractivity contribution in [2.24, 2.45) is 5.73 Å². The van der Waals surface area contributed by atoms with Crippen LogP contribution in [0.1, 0.15) is 32.3 Å². The molecule has 1 heterocycles. The molecule has 0 spiro atoms. The lowest BCUT2D eigenvalue weighted by atomic mass is 9.83. The molecule has 23 heavy (non-hydrogen) atoms. The molecule has 0 saturated heterocycles. The first kappa shape index (κ1) is 16.6. The molecule has 0 fully saturated rings. The minimum atomic E-state index is -0.957. The molecule has 1 aliphatic rings. The lowest BCUT2D eigenvalue weighted by Gasteiger charge is -2.27. The van der Waals surface area contributed by atoms with Crippen molar-refractivity contribution in [2.75, 3.05) is 0 Å². The zero-order chi connectivity index (χ0) is 17.1. The van der Waals surface area contributed by atoms with Gasteiger partial charge >= 0.3 is 5.97 Å². The molecule has 0 amide bonds. The van der Waals surface area contributed by atoms with Crippen molar-refractivity contribution in [2.45, 2.75) is 32.8 Å². The van der Waals surface area contributed by atoms with Crippen molar-refractivity contribution < 1.29 is 18.7 Å². The zero-order valence-electron chi connectivity index (χ0n) is 13.1. The summed E-state index contributed by atoms with van der Waals surface area (Å²) in [5.41, 5.74) is 5.98. The molecule has 120 valence electrons. The SMILES string of the molecule is CC1=C(C(=O)OC(C)C)[C@H](c2ccccc2F)C(C#N)=C(N)O1. The van der Waals surface area contributed by atoms with E-state index in [1.165, 1.54) is 25.1 Å². The molecule has 0 unspecified atom stereocenters. The Hall–Kier alpha value is -2.81. The van der Waals surface area contributed by atoms with Crippen LogP contribution in [0.5, 0.6) is 0 Å². The molecule has 0 saturated carbocycles. The number of ether oxygens (including phenoxy) is 2. The third-order valence-corrected chi connectivity index (χ3v) is 3.38. The summed E-state index contributed by atoms with van der Waals surface area (Å²) in [7, 11) is 0. The van der Waals surface area contributed by atoms with Gasteiger partial charge in [-0.2, -0.15) is 5.26 Å². The second-order valence-electron chi connectivity index (χ2n) is 5.37. The van der Waals surface area contributed by atoms with E-state index in [1.54, 1.807) is 19.9 Å². The van der Waals surface area contributed by atoms with Gasteiger partial charge in [0.2, 0.25) is 5.88 Å². The van der Waals surface area contributed by atoms with Crippen molar-refractivity contribution in [1.29, 1.82) is 5.26 Å². The van der Waals surface area contributed by atoms with E-state index in [0.29, 0.717) is 0 Å². The monoisotopic (exact) mass is 316 g/mol. The van der Waals surface area contributed by atoms with Gasteiger partial charge in [-0.1, -0.05) is 18.2 Å². The maximum Gasteiger partial charge on any atom is 0.338 e. The average molecular weight is 316 g/mol. The van der Waals surface area contributed by atoms with E-state index < -0.39 is 17.7 Å². The van der Waals surface area contributed by atoms with Crippen molar-refractivity contribution in [3.8, 4) is 6.07 Å². The molecule has 0 aromatic heterocycles. The summed E-state index contributed by atoms with van der Waals surface area (Å²) in [6.07, 6.45) is -0.363. The van der Waals surface area contributed by atoms with Crippen LogP contribution in [-0.2, 0) is 14.3 Å². The molecule has 6 heteroatoms. The van der Waals surface area contributed by atoms with Crippen molar-refractivity contribution in [1.82, 2.24) is 0 Å². The van der Waals surface area contributed by atoms with E-state index in [1.807, 2.05) is 6.07 Å². The maximum absolute atomic E-state index is 14.2. The highest BCUT2D eigenvalue weighted by atomic mass is 19.1. The summed E-state index contributed by atoms with van der Waals surface area (Å²) in [6.45, 7) is 4.93. The Balaban J connectivity index is 2.63. The van der Waals surface area contributed by atoms with E-state index in [9.17, 15) is 14.4 Å². The molecule has 2 rings (SSSR count). The highest BCUT2D eigenvalue weighted by molar-refractivity contribution is 5.92. The van der Waals surface area contributed by atoms with Crippen molar-refractivity contribution in [3.05, 3.63) is 58.4 Å². The highest BCUT2D eigenvalue weighted by Gasteiger charge is 2.37. The van der Waals surface area contributed by atoms with Crippen LogP contribution in [0.15, 0.2) is 47.1 Å². The third kappa shape index (κ3) is 3.19. The van der Waals surface area contributed by atoms with Gasteiger partial charge in [0, 0.05) is 5.56 Å². The Morgan fingerprint density at radius 1 is 1.43 bits per heavy atom. The number of carbonyl (C=O) groups excluding carboxylic acids is 1. The van der Waals surface area contributed by atoms with Crippen LogP contribution in [0, 0.1) is 17.1 Å². The smallest absolute Gasteiger partial charge is 0.338 e. The molecular weight excluding hydrogens is 299 g/mol. The molecular formula is C17H17FN2O3. The van der Waals surface area contributed by atoms with Crippen LogP contribution < -0.4 is 5.73 Å². The molecule has 0 aliphatic carbocycles. The van der Waals surface area contributed by atoms with Crippen LogP contribution in [0.2, 0.25) is 0 Å². The highest BCUT2D eigenvalue weighted by Crippen LogP contribution is 2.40. The van der Waals surface area contributed by atoms with Gasteiger partial charge in [-0.25, -0.2) is 9.18 Å². The van der Waals surface area contributed by atoms with Crippen LogP contribution in [0.4, 0.5) is 4.39 Å². The Labute approximate surface area is 133 Å². The number of nitriles is 1. The normalized spacial score (nSPS) is 17.8. The summed E-state index contributed by atoms with van der Waals surface area (Å²) >= 11 is 0. The fourth-order valence-electron chi connectivity index (χ4n) is 2.44. The number of hydrogen-bond donors (Lipinski definition) is 1. The Bertz CT molecular complexity index is 744. The standard InChI is InChI=1S/C17H17FN2O3/c1-9(2)22-17(21)14-10(3)23-16(20)12(8-19)15(14)11-6-4-5-7-13(11)18/h4-7,9,15H,20H2,1-3H3/t15-/m1/s1. The number of nitrogens with zero attached hydrogens (tertiary/aromatic N) is 1. The summed E-state index contributed by atoms with van der Waals surface area (Å²) in [5.74, 6) is -2.10. The molecule has 0 bridgehead atoms. The third-order valence-electron chi connectivity index (χ3n) is 3.38. The number of rotatable bonds is 3. The largest absolute Gasteiger partial charge is 0.459 e. The van der Waals surface area contributed by atoms with E-state index in [-0.39, 0.29) is 34.5 Å². The number of halogens is 1.